The molecule has 0 fully saturated rings. The van der Waals surface area contributed by atoms with E-state index in [9.17, 15) is 9.59 Å². The summed E-state index contributed by atoms with van der Waals surface area (Å²) in [4.78, 5) is 28.0. The Balaban J connectivity index is 2.43. The number of thiazole rings is 1. The van der Waals surface area contributed by atoms with Crippen molar-refractivity contribution in [3.8, 4) is 0 Å². The van der Waals surface area contributed by atoms with Crippen LogP contribution in [0.2, 0.25) is 0 Å². The molecule has 1 aromatic heterocycles. The van der Waals surface area contributed by atoms with Gasteiger partial charge in [0.1, 0.15) is 5.38 Å². The van der Waals surface area contributed by atoms with Crippen LogP contribution in [0.25, 0.3) is 0 Å². The molecule has 2 amide bonds. The minimum absolute atomic E-state index is 0.0323. The molecule has 0 spiro atoms. The highest BCUT2D eigenvalue weighted by atomic mass is 35.5. The van der Waals surface area contributed by atoms with Crippen LogP contribution in [0.5, 0.6) is 0 Å². The summed E-state index contributed by atoms with van der Waals surface area (Å²) in [7, 11) is 1.53. The molecule has 5 nitrogen and oxygen atoms in total. The lowest BCUT2D eigenvalue weighted by Crippen LogP contribution is -2.38. The maximum absolute atomic E-state index is 11.5. The highest BCUT2D eigenvalue weighted by Gasteiger charge is 2.17. The summed E-state index contributed by atoms with van der Waals surface area (Å²) in [5, 5.41) is 4.22. The van der Waals surface area contributed by atoms with Crippen molar-refractivity contribution in [2.45, 2.75) is 12.3 Å². The summed E-state index contributed by atoms with van der Waals surface area (Å²) in [6, 6.07) is 0. The fraction of sp³-hybridized carbons (Fsp3) is 0.444. The average Bonchev–Trinajstić information content (AvgIpc) is 2.68. The van der Waals surface area contributed by atoms with Gasteiger partial charge in [0.05, 0.1) is 6.54 Å². The highest BCUT2D eigenvalue weighted by molar-refractivity contribution is 7.13. The smallest absolute Gasteiger partial charge is 0.245 e. The van der Waals surface area contributed by atoms with Crippen molar-refractivity contribution >= 4 is 39.9 Å². The lowest BCUT2D eigenvalue weighted by atomic mass is 10.4. The quantitative estimate of drug-likeness (QED) is 0.828. The normalized spacial score (nSPS) is 11.9. The molecule has 0 bridgehead atoms. The van der Waals surface area contributed by atoms with Crippen molar-refractivity contribution in [2.75, 3.05) is 18.9 Å². The number of hydrogen-bond donors (Lipinski definition) is 1. The Bertz CT molecular complexity index is 367. The number of rotatable bonds is 4. The minimum Gasteiger partial charge on any atom is -0.335 e. The van der Waals surface area contributed by atoms with Crippen LogP contribution in [-0.2, 0) is 9.59 Å². The number of likely N-dealkylation sites (N-methyl/N-ethyl adjacent to an activating group) is 1. The molecule has 0 saturated heterocycles. The summed E-state index contributed by atoms with van der Waals surface area (Å²) in [5.41, 5.74) is 0. The molecule has 0 aromatic carbocycles. The predicted octanol–water partition coefficient (Wildman–Crippen LogP) is 1.17. The first-order valence-corrected chi connectivity index (χ1v) is 5.90. The largest absolute Gasteiger partial charge is 0.335 e. The first kappa shape index (κ1) is 12.9. The van der Waals surface area contributed by atoms with Crippen molar-refractivity contribution in [3.05, 3.63) is 11.6 Å². The van der Waals surface area contributed by atoms with Gasteiger partial charge in [-0.15, -0.1) is 22.9 Å². The molecule has 88 valence electrons. The molecule has 0 aliphatic heterocycles. The number of hydrogen-bond acceptors (Lipinski definition) is 4. The van der Waals surface area contributed by atoms with Gasteiger partial charge in [-0.25, -0.2) is 4.98 Å². The van der Waals surface area contributed by atoms with Gasteiger partial charge in [0.2, 0.25) is 11.8 Å². The fourth-order valence-corrected chi connectivity index (χ4v) is 1.75. The standard InChI is InChI=1S/C9H12ClN3O2S/c1-6(10)8(15)13(2)5-7(14)12-9-11-3-4-16-9/h3-4,6H,5H2,1-2H3,(H,11,12,14). The van der Waals surface area contributed by atoms with Gasteiger partial charge in [0.25, 0.3) is 0 Å². The van der Waals surface area contributed by atoms with Crippen LogP contribution in [0.4, 0.5) is 5.13 Å². The van der Waals surface area contributed by atoms with Crippen molar-refractivity contribution in [1.82, 2.24) is 9.88 Å². The third-order valence-corrected chi connectivity index (χ3v) is 2.65. The zero-order valence-electron chi connectivity index (χ0n) is 8.94. The van der Waals surface area contributed by atoms with Crippen LogP contribution in [0.3, 0.4) is 0 Å². The number of aromatic nitrogens is 1. The Hall–Kier alpha value is -1.14. The first-order valence-electron chi connectivity index (χ1n) is 4.59. The third-order valence-electron chi connectivity index (χ3n) is 1.78. The monoisotopic (exact) mass is 261 g/mol. The second-order valence-corrected chi connectivity index (χ2v) is 4.74. The Morgan fingerprint density at radius 1 is 1.69 bits per heavy atom. The van der Waals surface area contributed by atoms with Crippen molar-refractivity contribution in [3.63, 3.8) is 0 Å². The molecule has 1 rings (SSSR count). The molecule has 0 aliphatic rings. The second-order valence-electron chi connectivity index (χ2n) is 3.20. The molecule has 1 N–H and O–H groups in total. The van der Waals surface area contributed by atoms with Crippen LogP contribution in [0.15, 0.2) is 11.6 Å². The molecular formula is C9H12ClN3O2S. The van der Waals surface area contributed by atoms with E-state index in [1.165, 1.54) is 23.3 Å². The number of nitrogens with zero attached hydrogens (tertiary/aromatic N) is 2. The van der Waals surface area contributed by atoms with Crippen molar-refractivity contribution < 1.29 is 9.59 Å². The summed E-state index contributed by atoms with van der Waals surface area (Å²) < 4.78 is 0. The molecule has 0 radical (unpaired) electrons. The number of amides is 2. The van der Waals surface area contributed by atoms with E-state index >= 15 is 0 Å². The maximum Gasteiger partial charge on any atom is 0.245 e. The average molecular weight is 262 g/mol. The zero-order valence-corrected chi connectivity index (χ0v) is 10.5. The van der Waals surface area contributed by atoms with Gasteiger partial charge < -0.3 is 10.2 Å². The number of alkyl halides is 1. The van der Waals surface area contributed by atoms with Gasteiger partial charge in [-0.05, 0) is 6.92 Å². The van der Waals surface area contributed by atoms with Crippen LogP contribution in [0.1, 0.15) is 6.92 Å². The van der Waals surface area contributed by atoms with E-state index < -0.39 is 5.38 Å². The van der Waals surface area contributed by atoms with E-state index in [4.69, 9.17) is 11.6 Å². The van der Waals surface area contributed by atoms with Crippen LogP contribution in [-0.4, -0.2) is 40.7 Å². The van der Waals surface area contributed by atoms with Gasteiger partial charge in [0.15, 0.2) is 5.13 Å². The maximum atomic E-state index is 11.5. The number of halogens is 1. The van der Waals surface area contributed by atoms with Crippen LogP contribution < -0.4 is 5.32 Å². The van der Waals surface area contributed by atoms with E-state index in [2.05, 4.69) is 10.3 Å². The zero-order chi connectivity index (χ0) is 12.1. The van der Waals surface area contributed by atoms with Gasteiger partial charge in [-0.3, -0.25) is 9.59 Å². The topological polar surface area (TPSA) is 62.3 Å². The molecule has 1 atom stereocenters. The van der Waals surface area contributed by atoms with Crippen LogP contribution >= 0.6 is 22.9 Å². The Morgan fingerprint density at radius 3 is 2.88 bits per heavy atom. The molecule has 0 saturated carbocycles. The highest BCUT2D eigenvalue weighted by Crippen LogP contribution is 2.10. The Morgan fingerprint density at radius 2 is 2.38 bits per heavy atom. The number of carbonyl (C=O) groups excluding carboxylic acids is 2. The van der Waals surface area contributed by atoms with Gasteiger partial charge in [-0.1, -0.05) is 0 Å². The number of anilines is 1. The van der Waals surface area contributed by atoms with E-state index in [0.717, 1.165) is 0 Å². The van der Waals surface area contributed by atoms with Gasteiger partial charge in [0, 0.05) is 18.6 Å². The summed E-state index contributed by atoms with van der Waals surface area (Å²) in [6.07, 6.45) is 1.59. The summed E-state index contributed by atoms with van der Waals surface area (Å²) >= 11 is 6.94. The van der Waals surface area contributed by atoms with Crippen molar-refractivity contribution in [2.24, 2.45) is 0 Å². The van der Waals surface area contributed by atoms with Crippen LogP contribution in [0, 0.1) is 0 Å². The summed E-state index contributed by atoms with van der Waals surface area (Å²) in [6.45, 7) is 1.54. The van der Waals surface area contributed by atoms with E-state index in [-0.39, 0.29) is 18.4 Å². The molecule has 1 aromatic rings. The van der Waals surface area contributed by atoms with Gasteiger partial charge >= 0.3 is 0 Å². The SMILES string of the molecule is CC(Cl)C(=O)N(C)CC(=O)Nc1nccs1. The Kier molecular flexibility index (Phi) is 4.70. The van der Waals surface area contributed by atoms with Crippen molar-refractivity contribution in [1.29, 1.82) is 0 Å². The molecule has 7 heteroatoms. The third kappa shape index (κ3) is 3.79. The minimum atomic E-state index is -0.627. The number of nitrogens with one attached hydrogen (secondary N) is 1. The fourth-order valence-electron chi connectivity index (χ4n) is 1.04. The van der Waals surface area contributed by atoms with E-state index in [1.807, 2.05) is 0 Å². The first-order chi connectivity index (χ1) is 7.50. The summed E-state index contributed by atoms with van der Waals surface area (Å²) in [5.74, 6) is -0.570. The second kappa shape index (κ2) is 5.81. The lowest BCUT2D eigenvalue weighted by Gasteiger charge is -2.17. The van der Waals surface area contributed by atoms with E-state index in [1.54, 1.807) is 18.5 Å². The lowest BCUT2D eigenvalue weighted by molar-refractivity contribution is -0.132. The molecule has 1 heterocycles. The number of carbonyl (C=O) groups is 2. The predicted molar refractivity (Wildman–Crippen MR) is 63.7 cm³/mol. The Labute approximate surface area is 102 Å². The molecule has 16 heavy (non-hydrogen) atoms. The molecular weight excluding hydrogens is 250 g/mol. The van der Waals surface area contributed by atoms with Gasteiger partial charge in [-0.2, -0.15) is 0 Å². The van der Waals surface area contributed by atoms with E-state index in [0.29, 0.717) is 5.13 Å². The molecule has 0 aliphatic carbocycles. The molecule has 1 unspecified atom stereocenters.